The van der Waals surface area contributed by atoms with Crippen LogP contribution in [0, 0.1) is 5.82 Å². The highest BCUT2D eigenvalue weighted by Gasteiger charge is 2.22. The van der Waals surface area contributed by atoms with Gasteiger partial charge in [-0.1, -0.05) is 12.1 Å². The Kier molecular flexibility index (Phi) is 4.31. The molecule has 1 saturated heterocycles. The molecule has 4 heteroatoms. The summed E-state index contributed by atoms with van der Waals surface area (Å²) in [5.41, 5.74) is 1.01. The van der Waals surface area contributed by atoms with Crippen LogP contribution in [0.15, 0.2) is 24.3 Å². The van der Waals surface area contributed by atoms with Gasteiger partial charge < -0.3 is 10.2 Å². The number of piperazine rings is 1. The van der Waals surface area contributed by atoms with Crippen LogP contribution in [0.1, 0.15) is 18.9 Å². The van der Waals surface area contributed by atoms with Crippen LogP contribution in [0.2, 0.25) is 0 Å². The Morgan fingerprint density at radius 1 is 1.44 bits per heavy atom. The molecule has 18 heavy (non-hydrogen) atoms. The molecule has 1 N–H and O–H groups in total. The molecule has 1 unspecified atom stereocenters. The summed E-state index contributed by atoms with van der Waals surface area (Å²) in [4.78, 5) is 14.0. The number of nitrogens with zero attached hydrogens (tertiary/aromatic N) is 1. The Balaban J connectivity index is 1.85. The highest BCUT2D eigenvalue weighted by atomic mass is 19.1. The molecular formula is C14H19FN2O. The third kappa shape index (κ3) is 3.29. The van der Waals surface area contributed by atoms with Gasteiger partial charge >= 0.3 is 0 Å². The Bertz CT molecular complexity index is 405. The second-order valence-electron chi connectivity index (χ2n) is 4.77. The van der Waals surface area contributed by atoms with Crippen LogP contribution >= 0.6 is 0 Å². The smallest absolute Gasteiger partial charge is 0.223 e. The van der Waals surface area contributed by atoms with E-state index in [1.165, 1.54) is 12.1 Å². The van der Waals surface area contributed by atoms with Gasteiger partial charge in [0.15, 0.2) is 0 Å². The maximum atomic E-state index is 12.7. The quantitative estimate of drug-likeness (QED) is 0.883. The van der Waals surface area contributed by atoms with E-state index >= 15 is 0 Å². The van der Waals surface area contributed by atoms with E-state index in [0.29, 0.717) is 12.8 Å². The molecule has 1 aromatic carbocycles. The first-order valence-corrected chi connectivity index (χ1v) is 6.41. The van der Waals surface area contributed by atoms with E-state index in [4.69, 9.17) is 0 Å². The Labute approximate surface area is 107 Å². The van der Waals surface area contributed by atoms with E-state index in [-0.39, 0.29) is 17.8 Å². The van der Waals surface area contributed by atoms with E-state index in [9.17, 15) is 9.18 Å². The minimum absolute atomic E-state index is 0.188. The van der Waals surface area contributed by atoms with Gasteiger partial charge in [-0.15, -0.1) is 0 Å². The molecule has 1 fully saturated rings. The summed E-state index contributed by atoms with van der Waals surface area (Å²) < 4.78 is 12.7. The predicted molar refractivity (Wildman–Crippen MR) is 68.8 cm³/mol. The lowest BCUT2D eigenvalue weighted by Gasteiger charge is -2.34. The zero-order valence-electron chi connectivity index (χ0n) is 10.7. The Morgan fingerprint density at radius 3 is 2.83 bits per heavy atom. The molecule has 0 aliphatic carbocycles. The number of hydrogen-bond donors (Lipinski definition) is 1. The van der Waals surface area contributed by atoms with Gasteiger partial charge in [-0.3, -0.25) is 4.79 Å². The fraction of sp³-hybridized carbons (Fsp3) is 0.500. The van der Waals surface area contributed by atoms with E-state index in [1.54, 1.807) is 12.1 Å². The normalized spacial score (nSPS) is 19.9. The molecule has 98 valence electrons. The molecule has 1 heterocycles. The van der Waals surface area contributed by atoms with Crippen LogP contribution in [0.3, 0.4) is 0 Å². The van der Waals surface area contributed by atoms with Crippen molar-refractivity contribution >= 4 is 5.91 Å². The summed E-state index contributed by atoms with van der Waals surface area (Å²) in [7, 11) is 0. The Hall–Kier alpha value is -1.42. The van der Waals surface area contributed by atoms with Gasteiger partial charge in [-0.05, 0) is 31.0 Å². The first-order valence-electron chi connectivity index (χ1n) is 6.41. The molecule has 0 bridgehead atoms. The first kappa shape index (κ1) is 13.0. The number of carbonyl (C=O) groups is 1. The number of carbonyl (C=O) groups excluding carboxylic acids is 1. The molecule has 3 nitrogen and oxygen atoms in total. The van der Waals surface area contributed by atoms with Crippen molar-refractivity contribution in [2.24, 2.45) is 0 Å². The molecule has 1 atom stereocenters. The molecule has 0 radical (unpaired) electrons. The minimum Gasteiger partial charge on any atom is -0.337 e. The number of aryl methyl sites for hydroxylation is 1. The van der Waals surface area contributed by atoms with Gasteiger partial charge in [0.25, 0.3) is 0 Å². The molecule has 1 aliphatic heterocycles. The molecular weight excluding hydrogens is 231 g/mol. The summed E-state index contributed by atoms with van der Waals surface area (Å²) in [5.74, 6) is -0.0471. The van der Waals surface area contributed by atoms with Crippen molar-refractivity contribution in [3.05, 3.63) is 35.6 Å². The SMILES string of the molecule is CC1CNCCN1C(=O)CCc1ccc(F)cc1. The van der Waals surface area contributed by atoms with Crippen molar-refractivity contribution in [3.63, 3.8) is 0 Å². The molecule has 1 amide bonds. The first-order chi connectivity index (χ1) is 8.66. The number of benzene rings is 1. The van der Waals surface area contributed by atoms with Crippen LogP contribution in [0.5, 0.6) is 0 Å². The monoisotopic (exact) mass is 250 g/mol. The number of hydrogen-bond acceptors (Lipinski definition) is 2. The van der Waals surface area contributed by atoms with E-state index < -0.39 is 0 Å². The van der Waals surface area contributed by atoms with Crippen molar-refractivity contribution in [1.29, 1.82) is 0 Å². The van der Waals surface area contributed by atoms with Gasteiger partial charge in [-0.25, -0.2) is 4.39 Å². The van der Waals surface area contributed by atoms with Crippen LogP contribution in [-0.4, -0.2) is 36.5 Å². The third-order valence-electron chi connectivity index (χ3n) is 3.36. The highest BCUT2D eigenvalue weighted by molar-refractivity contribution is 5.77. The van der Waals surface area contributed by atoms with E-state index in [0.717, 1.165) is 25.2 Å². The summed E-state index contributed by atoms with van der Waals surface area (Å²) in [6.07, 6.45) is 1.17. The second kappa shape index (κ2) is 5.96. The molecule has 0 aromatic heterocycles. The Morgan fingerprint density at radius 2 is 2.17 bits per heavy atom. The number of amides is 1. The van der Waals surface area contributed by atoms with Crippen molar-refractivity contribution in [1.82, 2.24) is 10.2 Å². The average molecular weight is 250 g/mol. The number of halogens is 1. The zero-order chi connectivity index (χ0) is 13.0. The van der Waals surface area contributed by atoms with E-state index in [2.05, 4.69) is 12.2 Å². The van der Waals surface area contributed by atoms with Crippen LogP contribution in [0.25, 0.3) is 0 Å². The lowest BCUT2D eigenvalue weighted by molar-refractivity contribution is -0.133. The maximum Gasteiger partial charge on any atom is 0.223 e. The van der Waals surface area contributed by atoms with Crippen LogP contribution < -0.4 is 5.32 Å². The largest absolute Gasteiger partial charge is 0.337 e. The number of nitrogens with one attached hydrogen (secondary N) is 1. The van der Waals surface area contributed by atoms with Crippen molar-refractivity contribution in [2.75, 3.05) is 19.6 Å². The standard InChI is InChI=1S/C14H19FN2O/c1-11-10-16-8-9-17(11)14(18)7-4-12-2-5-13(15)6-3-12/h2-3,5-6,11,16H,4,7-10H2,1H3. The predicted octanol–water partition coefficient (Wildman–Crippen LogP) is 1.58. The third-order valence-corrected chi connectivity index (χ3v) is 3.36. The van der Waals surface area contributed by atoms with Gasteiger partial charge in [0.05, 0.1) is 0 Å². The zero-order valence-corrected chi connectivity index (χ0v) is 10.7. The van der Waals surface area contributed by atoms with Gasteiger partial charge in [0, 0.05) is 32.1 Å². The average Bonchev–Trinajstić information content (AvgIpc) is 2.38. The second-order valence-corrected chi connectivity index (χ2v) is 4.77. The molecule has 1 aliphatic rings. The van der Waals surface area contributed by atoms with Crippen molar-refractivity contribution in [2.45, 2.75) is 25.8 Å². The molecule has 0 spiro atoms. The topological polar surface area (TPSA) is 32.3 Å². The fourth-order valence-electron chi connectivity index (χ4n) is 2.26. The lowest BCUT2D eigenvalue weighted by Crippen LogP contribution is -2.52. The number of rotatable bonds is 3. The van der Waals surface area contributed by atoms with Gasteiger partial charge in [-0.2, -0.15) is 0 Å². The fourth-order valence-corrected chi connectivity index (χ4v) is 2.26. The molecule has 2 rings (SSSR count). The van der Waals surface area contributed by atoms with Crippen LogP contribution in [0.4, 0.5) is 4.39 Å². The van der Waals surface area contributed by atoms with Crippen molar-refractivity contribution in [3.8, 4) is 0 Å². The maximum absolute atomic E-state index is 12.7. The van der Waals surface area contributed by atoms with Gasteiger partial charge in [0.1, 0.15) is 5.82 Å². The summed E-state index contributed by atoms with van der Waals surface area (Å²) in [5, 5.41) is 3.26. The summed E-state index contributed by atoms with van der Waals surface area (Å²) >= 11 is 0. The molecule has 1 aromatic rings. The highest BCUT2D eigenvalue weighted by Crippen LogP contribution is 2.09. The van der Waals surface area contributed by atoms with E-state index in [1.807, 2.05) is 4.90 Å². The van der Waals surface area contributed by atoms with Gasteiger partial charge in [0.2, 0.25) is 5.91 Å². The summed E-state index contributed by atoms with van der Waals surface area (Å²) in [6, 6.07) is 6.62. The summed E-state index contributed by atoms with van der Waals surface area (Å²) in [6.45, 7) is 4.57. The van der Waals surface area contributed by atoms with Crippen molar-refractivity contribution < 1.29 is 9.18 Å². The molecule has 0 saturated carbocycles. The lowest BCUT2D eigenvalue weighted by atomic mass is 10.1. The minimum atomic E-state index is -0.235. The van der Waals surface area contributed by atoms with Crippen LogP contribution in [-0.2, 0) is 11.2 Å².